The van der Waals surface area contributed by atoms with Crippen molar-refractivity contribution in [3.05, 3.63) is 88.4 Å². The predicted molar refractivity (Wildman–Crippen MR) is 103 cm³/mol. The molecule has 0 fully saturated rings. The summed E-state index contributed by atoms with van der Waals surface area (Å²) in [6.07, 6.45) is 0. The lowest BCUT2D eigenvalue weighted by Gasteiger charge is -2.14. The topological polar surface area (TPSA) is 41.1 Å². The minimum atomic E-state index is -0.152. The Bertz CT molecular complexity index is 860. The molecule has 0 saturated carbocycles. The van der Waals surface area contributed by atoms with E-state index in [4.69, 9.17) is 0 Å². The van der Waals surface area contributed by atoms with E-state index in [0.717, 1.165) is 21.5 Å². The molecule has 3 aromatic carbocycles. The molecule has 0 aliphatic rings. The van der Waals surface area contributed by atoms with Gasteiger partial charge in [0.15, 0.2) is 0 Å². The number of nitrogens with one attached hydrogen (secondary N) is 2. The van der Waals surface area contributed by atoms with E-state index in [1.54, 1.807) is 6.07 Å². The third kappa shape index (κ3) is 3.84. The Hall–Kier alpha value is -2.59. The van der Waals surface area contributed by atoms with E-state index in [1.807, 2.05) is 66.7 Å². The molecule has 3 nitrogen and oxygen atoms in total. The molecule has 0 bridgehead atoms. The summed E-state index contributed by atoms with van der Waals surface area (Å²) in [7, 11) is 0. The number of amides is 1. The standard InChI is InChI=1S/C20H17BrN2O/c1-14-10-12-15(13-11-14)22-18-8-4-5-9-19(18)23-20(24)16-6-2-3-7-17(16)21/h2-13,22H,1H3,(H,23,24). The number of rotatable bonds is 4. The third-order valence-corrected chi connectivity index (χ3v) is 4.32. The molecule has 0 saturated heterocycles. The molecule has 0 aliphatic carbocycles. The maximum atomic E-state index is 12.5. The average molecular weight is 381 g/mol. The normalized spacial score (nSPS) is 10.2. The highest BCUT2D eigenvalue weighted by Gasteiger charge is 2.11. The van der Waals surface area contributed by atoms with Crippen molar-refractivity contribution in [2.75, 3.05) is 10.6 Å². The molecule has 24 heavy (non-hydrogen) atoms. The molecule has 2 N–H and O–H groups in total. The Morgan fingerprint density at radius 1 is 0.833 bits per heavy atom. The van der Waals surface area contributed by atoms with Gasteiger partial charge in [-0.25, -0.2) is 0 Å². The lowest BCUT2D eigenvalue weighted by atomic mass is 10.2. The van der Waals surface area contributed by atoms with E-state index < -0.39 is 0 Å². The van der Waals surface area contributed by atoms with Crippen molar-refractivity contribution in [1.29, 1.82) is 0 Å². The largest absolute Gasteiger partial charge is 0.354 e. The van der Waals surface area contributed by atoms with Crippen LogP contribution >= 0.6 is 15.9 Å². The number of halogens is 1. The fourth-order valence-electron chi connectivity index (χ4n) is 2.33. The van der Waals surface area contributed by atoms with Crippen LogP contribution in [0, 0.1) is 6.92 Å². The van der Waals surface area contributed by atoms with Gasteiger partial charge in [0, 0.05) is 10.2 Å². The zero-order chi connectivity index (χ0) is 16.9. The molecule has 120 valence electrons. The first-order chi connectivity index (χ1) is 11.6. The Morgan fingerprint density at radius 2 is 1.46 bits per heavy atom. The summed E-state index contributed by atoms with van der Waals surface area (Å²) in [6, 6.07) is 23.1. The van der Waals surface area contributed by atoms with Crippen LogP contribution in [0.15, 0.2) is 77.3 Å². The predicted octanol–water partition coefficient (Wildman–Crippen LogP) is 5.75. The molecule has 0 atom stereocenters. The van der Waals surface area contributed by atoms with Gasteiger partial charge in [-0.3, -0.25) is 4.79 Å². The molecule has 1 amide bonds. The van der Waals surface area contributed by atoms with Crippen LogP contribution < -0.4 is 10.6 Å². The Morgan fingerprint density at radius 3 is 2.17 bits per heavy atom. The van der Waals surface area contributed by atoms with Crippen LogP contribution in [0.25, 0.3) is 0 Å². The van der Waals surface area contributed by atoms with Crippen LogP contribution in [0.1, 0.15) is 15.9 Å². The van der Waals surface area contributed by atoms with Gasteiger partial charge in [-0.05, 0) is 59.3 Å². The fourth-order valence-corrected chi connectivity index (χ4v) is 2.79. The molecule has 4 heteroatoms. The molecule has 0 radical (unpaired) electrons. The van der Waals surface area contributed by atoms with Crippen molar-refractivity contribution in [2.24, 2.45) is 0 Å². The average Bonchev–Trinajstić information content (AvgIpc) is 2.59. The van der Waals surface area contributed by atoms with E-state index in [0.29, 0.717) is 5.56 Å². The second-order valence-electron chi connectivity index (χ2n) is 5.47. The van der Waals surface area contributed by atoms with E-state index in [1.165, 1.54) is 5.56 Å². The van der Waals surface area contributed by atoms with Gasteiger partial charge in [0.1, 0.15) is 0 Å². The molecule has 0 unspecified atom stereocenters. The molecular weight excluding hydrogens is 364 g/mol. The van der Waals surface area contributed by atoms with E-state index >= 15 is 0 Å². The van der Waals surface area contributed by atoms with Gasteiger partial charge in [0.2, 0.25) is 0 Å². The van der Waals surface area contributed by atoms with Crippen molar-refractivity contribution in [1.82, 2.24) is 0 Å². The van der Waals surface area contributed by atoms with Gasteiger partial charge < -0.3 is 10.6 Å². The smallest absolute Gasteiger partial charge is 0.256 e. The van der Waals surface area contributed by atoms with E-state index in [-0.39, 0.29) is 5.91 Å². The van der Waals surface area contributed by atoms with Gasteiger partial charge in [-0.1, -0.05) is 42.0 Å². The van der Waals surface area contributed by atoms with E-state index in [9.17, 15) is 4.79 Å². The zero-order valence-corrected chi connectivity index (χ0v) is 14.8. The van der Waals surface area contributed by atoms with Crippen molar-refractivity contribution in [2.45, 2.75) is 6.92 Å². The fraction of sp³-hybridized carbons (Fsp3) is 0.0500. The summed E-state index contributed by atoms with van der Waals surface area (Å²) in [5, 5.41) is 6.31. The second kappa shape index (κ2) is 7.32. The van der Waals surface area contributed by atoms with Crippen LogP contribution in [0.5, 0.6) is 0 Å². The van der Waals surface area contributed by atoms with Crippen LogP contribution in [-0.2, 0) is 0 Å². The number of hydrogen-bond donors (Lipinski definition) is 2. The summed E-state index contributed by atoms with van der Waals surface area (Å²) in [5.74, 6) is -0.152. The number of aryl methyl sites for hydroxylation is 1. The molecule has 3 rings (SSSR count). The zero-order valence-electron chi connectivity index (χ0n) is 13.2. The van der Waals surface area contributed by atoms with Gasteiger partial charge in [0.25, 0.3) is 5.91 Å². The number of para-hydroxylation sites is 2. The first-order valence-electron chi connectivity index (χ1n) is 7.62. The second-order valence-corrected chi connectivity index (χ2v) is 6.32. The van der Waals surface area contributed by atoms with Crippen LogP contribution in [-0.4, -0.2) is 5.91 Å². The quantitative estimate of drug-likeness (QED) is 0.604. The van der Waals surface area contributed by atoms with Crippen LogP contribution in [0.2, 0.25) is 0 Å². The van der Waals surface area contributed by atoms with Crippen LogP contribution in [0.3, 0.4) is 0 Å². The molecule has 0 spiro atoms. The summed E-state index contributed by atoms with van der Waals surface area (Å²) < 4.78 is 0.770. The van der Waals surface area contributed by atoms with Crippen molar-refractivity contribution < 1.29 is 4.79 Å². The molecule has 3 aromatic rings. The Kier molecular flexibility index (Phi) is 4.96. The minimum absolute atomic E-state index is 0.152. The van der Waals surface area contributed by atoms with Crippen molar-refractivity contribution in [3.63, 3.8) is 0 Å². The molecule has 0 heterocycles. The van der Waals surface area contributed by atoms with Crippen molar-refractivity contribution >= 4 is 38.9 Å². The van der Waals surface area contributed by atoms with Crippen LogP contribution in [0.4, 0.5) is 17.1 Å². The first kappa shape index (κ1) is 16.3. The Labute approximate surface area is 149 Å². The SMILES string of the molecule is Cc1ccc(Nc2ccccc2NC(=O)c2ccccc2Br)cc1. The Balaban J connectivity index is 1.83. The maximum Gasteiger partial charge on any atom is 0.256 e. The molecule has 0 aromatic heterocycles. The van der Waals surface area contributed by atoms with Gasteiger partial charge in [-0.15, -0.1) is 0 Å². The summed E-state index contributed by atoms with van der Waals surface area (Å²) in [4.78, 5) is 12.5. The summed E-state index contributed by atoms with van der Waals surface area (Å²) >= 11 is 3.41. The maximum absolute atomic E-state index is 12.5. The van der Waals surface area contributed by atoms with Gasteiger partial charge >= 0.3 is 0 Å². The number of anilines is 3. The van der Waals surface area contributed by atoms with Crippen molar-refractivity contribution in [3.8, 4) is 0 Å². The van der Waals surface area contributed by atoms with E-state index in [2.05, 4.69) is 33.5 Å². The number of carbonyl (C=O) groups is 1. The highest BCUT2D eigenvalue weighted by atomic mass is 79.9. The van der Waals surface area contributed by atoms with Gasteiger partial charge in [0.05, 0.1) is 16.9 Å². The molecule has 0 aliphatic heterocycles. The lowest BCUT2D eigenvalue weighted by Crippen LogP contribution is -2.13. The highest BCUT2D eigenvalue weighted by molar-refractivity contribution is 9.10. The number of carbonyl (C=O) groups excluding carboxylic acids is 1. The van der Waals surface area contributed by atoms with Gasteiger partial charge in [-0.2, -0.15) is 0 Å². The molecular formula is C20H17BrN2O. The number of hydrogen-bond acceptors (Lipinski definition) is 2. The third-order valence-electron chi connectivity index (χ3n) is 3.62. The number of benzene rings is 3. The minimum Gasteiger partial charge on any atom is -0.354 e. The lowest BCUT2D eigenvalue weighted by molar-refractivity contribution is 0.102. The summed E-state index contributed by atoms with van der Waals surface area (Å²) in [5.41, 5.74) is 4.36. The first-order valence-corrected chi connectivity index (χ1v) is 8.41. The summed E-state index contributed by atoms with van der Waals surface area (Å²) in [6.45, 7) is 2.05. The monoisotopic (exact) mass is 380 g/mol. The highest BCUT2D eigenvalue weighted by Crippen LogP contribution is 2.26.